The van der Waals surface area contributed by atoms with Crippen molar-refractivity contribution < 1.29 is 4.79 Å². The zero-order valence-corrected chi connectivity index (χ0v) is 9.56. The first-order valence-electron chi connectivity index (χ1n) is 5.09. The number of aryl methyl sites for hydroxylation is 2. The van der Waals surface area contributed by atoms with Gasteiger partial charge in [0.25, 0.3) is 0 Å². The average molecular weight is 215 g/mol. The Balaban J connectivity index is 2.46. The fourth-order valence-corrected chi connectivity index (χ4v) is 1.61. The Labute approximate surface area is 93.9 Å². The number of carbonyl (C=O) groups is 1. The van der Waals surface area contributed by atoms with E-state index in [2.05, 4.69) is 16.4 Å². The molecule has 1 heterocycles. The highest BCUT2D eigenvalue weighted by molar-refractivity contribution is 5.91. The molecular formula is C12H13N3O. The number of ketones is 1. The zero-order chi connectivity index (χ0) is 11.7. The number of aromatic nitrogens is 3. The van der Waals surface area contributed by atoms with Crippen molar-refractivity contribution in [1.82, 2.24) is 15.0 Å². The SMILES string of the molecule is CC(=O)c1cn(-c2ccc(C)cc2C)nn1. The van der Waals surface area contributed by atoms with E-state index >= 15 is 0 Å². The van der Waals surface area contributed by atoms with Gasteiger partial charge in [0.05, 0.1) is 11.9 Å². The molecule has 2 aromatic rings. The summed E-state index contributed by atoms with van der Waals surface area (Å²) in [6.45, 7) is 5.53. The van der Waals surface area contributed by atoms with Gasteiger partial charge in [-0.2, -0.15) is 0 Å². The summed E-state index contributed by atoms with van der Waals surface area (Å²) in [5, 5.41) is 7.76. The van der Waals surface area contributed by atoms with Crippen LogP contribution in [0.25, 0.3) is 5.69 Å². The van der Waals surface area contributed by atoms with Crippen LogP contribution in [0, 0.1) is 13.8 Å². The van der Waals surface area contributed by atoms with Gasteiger partial charge < -0.3 is 0 Å². The minimum Gasteiger partial charge on any atom is -0.293 e. The van der Waals surface area contributed by atoms with Gasteiger partial charge in [0.2, 0.25) is 0 Å². The number of benzene rings is 1. The zero-order valence-electron chi connectivity index (χ0n) is 9.56. The van der Waals surface area contributed by atoms with Crippen molar-refractivity contribution in [2.24, 2.45) is 0 Å². The summed E-state index contributed by atoms with van der Waals surface area (Å²) in [4.78, 5) is 11.1. The van der Waals surface area contributed by atoms with E-state index in [0.29, 0.717) is 5.69 Å². The largest absolute Gasteiger partial charge is 0.293 e. The van der Waals surface area contributed by atoms with Crippen molar-refractivity contribution in [3.63, 3.8) is 0 Å². The van der Waals surface area contributed by atoms with Crippen LogP contribution in [0.1, 0.15) is 28.5 Å². The maximum Gasteiger partial charge on any atom is 0.181 e. The molecule has 0 unspecified atom stereocenters. The van der Waals surface area contributed by atoms with E-state index in [-0.39, 0.29) is 5.78 Å². The van der Waals surface area contributed by atoms with Crippen molar-refractivity contribution in [3.8, 4) is 5.69 Å². The molecule has 0 radical (unpaired) electrons. The van der Waals surface area contributed by atoms with Crippen molar-refractivity contribution in [2.45, 2.75) is 20.8 Å². The molecule has 0 spiro atoms. The van der Waals surface area contributed by atoms with E-state index in [4.69, 9.17) is 0 Å². The van der Waals surface area contributed by atoms with E-state index < -0.39 is 0 Å². The van der Waals surface area contributed by atoms with Gasteiger partial charge >= 0.3 is 0 Å². The predicted octanol–water partition coefficient (Wildman–Crippen LogP) is 2.09. The number of nitrogens with zero attached hydrogens (tertiary/aromatic N) is 3. The van der Waals surface area contributed by atoms with Crippen molar-refractivity contribution in [2.75, 3.05) is 0 Å². The van der Waals surface area contributed by atoms with Crippen LogP contribution in [-0.2, 0) is 0 Å². The number of hydrogen-bond acceptors (Lipinski definition) is 3. The number of hydrogen-bond donors (Lipinski definition) is 0. The third-order valence-electron chi connectivity index (χ3n) is 2.45. The maximum absolute atomic E-state index is 11.1. The van der Waals surface area contributed by atoms with Crippen molar-refractivity contribution in [1.29, 1.82) is 0 Å². The molecule has 2 rings (SSSR count). The van der Waals surface area contributed by atoms with Gasteiger partial charge in [0, 0.05) is 6.92 Å². The third kappa shape index (κ3) is 1.86. The summed E-state index contributed by atoms with van der Waals surface area (Å²) >= 11 is 0. The lowest BCUT2D eigenvalue weighted by molar-refractivity contribution is 0.101. The van der Waals surface area contributed by atoms with Crippen LogP contribution < -0.4 is 0 Å². The molecule has 0 aliphatic rings. The maximum atomic E-state index is 11.1. The second kappa shape index (κ2) is 3.89. The Morgan fingerprint density at radius 3 is 2.62 bits per heavy atom. The Morgan fingerprint density at radius 2 is 2.06 bits per heavy atom. The molecule has 4 nitrogen and oxygen atoms in total. The van der Waals surface area contributed by atoms with Gasteiger partial charge in [-0.05, 0) is 25.5 Å². The van der Waals surface area contributed by atoms with Crippen LogP contribution in [0.15, 0.2) is 24.4 Å². The predicted molar refractivity (Wildman–Crippen MR) is 60.8 cm³/mol. The normalized spacial score (nSPS) is 10.4. The molecule has 0 bridgehead atoms. The van der Waals surface area contributed by atoms with Crippen LogP contribution in [0.5, 0.6) is 0 Å². The monoisotopic (exact) mass is 215 g/mol. The summed E-state index contributed by atoms with van der Waals surface area (Å²) in [5.41, 5.74) is 3.65. The Kier molecular flexibility index (Phi) is 2.56. The molecule has 0 aliphatic heterocycles. The minimum absolute atomic E-state index is 0.0731. The molecular weight excluding hydrogens is 202 g/mol. The molecule has 1 aromatic carbocycles. The number of Topliss-reactive ketones (excluding diaryl/α,β-unsaturated/α-hetero) is 1. The smallest absolute Gasteiger partial charge is 0.181 e. The van der Waals surface area contributed by atoms with Crippen LogP contribution in [-0.4, -0.2) is 20.8 Å². The van der Waals surface area contributed by atoms with Gasteiger partial charge in [0.15, 0.2) is 5.78 Å². The van der Waals surface area contributed by atoms with E-state index in [1.165, 1.54) is 12.5 Å². The number of carbonyl (C=O) groups excluding carboxylic acids is 1. The van der Waals surface area contributed by atoms with Gasteiger partial charge in [-0.15, -0.1) is 5.10 Å². The molecule has 16 heavy (non-hydrogen) atoms. The van der Waals surface area contributed by atoms with Crippen molar-refractivity contribution >= 4 is 5.78 Å². The molecule has 1 aromatic heterocycles. The Hall–Kier alpha value is -1.97. The van der Waals surface area contributed by atoms with Crippen LogP contribution in [0.2, 0.25) is 0 Å². The first-order valence-corrected chi connectivity index (χ1v) is 5.09. The highest BCUT2D eigenvalue weighted by Crippen LogP contribution is 2.14. The van der Waals surface area contributed by atoms with Crippen LogP contribution >= 0.6 is 0 Å². The first kappa shape index (κ1) is 10.5. The van der Waals surface area contributed by atoms with E-state index in [1.54, 1.807) is 10.9 Å². The number of rotatable bonds is 2. The molecule has 0 fully saturated rings. The Bertz CT molecular complexity index is 543. The lowest BCUT2D eigenvalue weighted by Crippen LogP contribution is -1.98. The highest BCUT2D eigenvalue weighted by Gasteiger charge is 2.08. The first-order chi connectivity index (χ1) is 7.58. The van der Waals surface area contributed by atoms with E-state index in [0.717, 1.165) is 11.3 Å². The standard InChI is InChI=1S/C12H13N3O/c1-8-4-5-12(9(2)6-8)15-7-11(10(3)16)13-14-15/h4-7H,1-3H3. The lowest BCUT2D eigenvalue weighted by atomic mass is 10.1. The average Bonchev–Trinajstić information content (AvgIpc) is 2.66. The van der Waals surface area contributed by atoms with Gasteiger partial charge in [-0.3, -0.25) is 4.79 Å². The van der Waals surface area contributed by atoms with Crippen LogP contribution in [0.4, 0.5) is 0 Å². The van der Waals surface area contributed by atoms with Crippen molar-refractivity contribution in [3.05, 3.63) is 41.2 Å². The summed E-state index contributed by atoms with van der Waals surface area (Å²) < 4.78 is 1.63. The molecule has 0 saturated carbocycles. The fraction of sp³-hybridized carbons (Fsp3) is 0.250. The second-order valence-corrected chi connectivity index (χ2v) is 3.89. The summed E-state index contributed by atoms with van der Waals surface area (Å²) in [6, 6.07) is 6.06. The molecule has 0 aliphatic carbocycles. The Morgan fingerprint density at radius 1 is 1.31 bits per heavy atom. The van der Waals surface area contributed by atoms with E-state index in [1.807, 2.05) is 26.0 Å². The van der Waals surface area contributed by atoms with E-state index in [9.17, 15) is 4.79 Å². The lowest BCUT2D eigenvalue weighted by Gasteiger charge is -2.05. The topological polar surface area (TPSA) is 47.8 Å². The molecule has 0 atom stereocenters. The van der Waals surface area contributed by atoms with Gasteiger partial charge in [-0.25, -0.2) is 4.68 Å². The highest BCUT2D eigenvalue weighted by atomic mass is 16.1. The second-order valence-electron chi connectivity index (χ2n) is 3.89. The summed E-state index contributed by atoms with van der Waals surface area (Å²) in [5.74, 6) is -0.0731. The molecule has 82 valence electrons. The molecule has 0 saturated heterocycles. The molecule has 0 N–H and O–H groups in total. The summed E-state index contributed by atoms with van der Waals surface area (Å²) in [7, 11) is 0. The van der Waals surface area contributed by atoms with Gasteiger partial charge in [0.1, 0.15) is 5.69 Å². The summed E-state index contributed by atoms with van der Waals surface area (Å²) in [6.07, 6.45) is 1.65. The molecule has 0 amide bonds. The quantitative estimate of drug-likeness (QED) is 0.721. The fourth-order valence-electron chi connectivity index (χ4n) is 1.61. The third-order valence-corrected chi connectivity index (χ3v) is 2.45. The van der Waals surface area contributed by atoms with Gasteiger partial charge in [-0.1, -0.05) is 22.9 Å². The molecule has 4 heteroatoms. The van der Waals surface area contributed by atoms with Crippen LogP contribution in [0.3, 0.4) is 0 Å². The minimum atomic E-state index is -0.0731.